The Hall–Kier alpha value is -2.59. The van der Waals surface area contributed by atoms with E-state index in [1.807, 2.05) is 32.0 Å². The van der Waals surface area contributed by atoms with E-state index >= 15 is 0 Å². The first-order valence-electron chi connectivity index (χ1n) is 9.61. The molecule has 152 valence electrons. The lowest BCUT2D eigenvalue weighted by Gasteiger charge is -2.39. The van der Waals surface area contributed by atoms with Crippen molar-refractivity contribution in [3.63, 3.8) is 0 Å². The molecule has 0 bridgehead atoms. The number of allylic oxidation sites excluding steroid dienone is 1. The average molecular weight is 438 g/mol. The number of rotatable bonds is 4. The lowest BCUT2D eigenvalue weighted by Crippen LogP contribution is -2.46. The van der Waals surface area contributed by atoms with Gasteiger partial charge in [-0.25, -0.2) is 0 Å². The highest BCUT2D eigenvalue weighted by atomic mass is 35.5. The minimum absolute atomic E-state index is 0.243. The zero-order valence-electron chi connectivity index (χ0n) is 16.7. The van der Waals surface area contributed by atoms with Crippen molar-refractivity contribution in [2.45, 2.75) is 25.6 Å². The normalized spacial score (nSPS) is 19.0. The highest BCUT2D eigenvalue weighted by Gasteiger charge is 2.52. The van der Waals surface area contributed by atoms with Crippen molar-refractivity contribution in [1.82, 2.24) is 4.90 Å². The van der Waals surface area contributed by atoms with Crippen LogP contribution in [-0.4, -0.2) is 15.9 Å². The number of hydrogen-bond acceptors (Lipinski definition) is 2. The molecule has 1 aliphatic rings. The van der Waals surface area contributed by atoms with Gasteiger partial charge in [0.1, 0.15) is 0 Å². The van der Waals surface area contributed by atoms with Crippen LogP contribution in [0.2, 0.25) is 10.0 Å². The van der Waals surface area contributed by atoms with Crippen LogP contribution in [0, 0.1) is 0 Å². The fraction of sp³-hybridized carbons (Fsp3) is 0.160. The number of carbonyl (C=O) groups is 1. The number of benzene rings is 3. The minimum atomic E-state index is -1.64. The van der Waals surface area contributed by atoms with E-state index in [9.17, 15) is 9.90 Å². The number of aliphatic hydroxyl groups is 1. The van der Waals surface area contributed by atoms with Crippen LogP contribution in [0.1, 0.15) is 52.5 Å². The summed E-state index contributed by atoms with van der Waals surface area (Å²) in [7, 11) is 0. The van der Waals surface area contributed by atoms with Gasteiger partial charge in [-0.2, -0.15) is 0 Å². The van der Waals surface area contributed by atoms with Gasteiger partial charge in [0.25, 0.3) is 5.91 Å². The third-order valence-electron chi connectivity index (χ3n) is 5.67. The number of hydrogen-bond donors (Lipinski definition) is 1. The van der Waals surface area contributed by atoms with E-state index in [0.29, 0.717) is 26.7 Å². The summed E-state index contributed by atoms with van der Waals surface area (Å²) in [6, 6.07) is 19.3. The molecule has 3 aromatic carbocycles. The third-order valence-corrected chi connectivity index (χ3v) is 6.18. The van der Waals surface area contributed by atoms with Crippen molar-refractivity contribution in [3.05, 3.63) is 111 Å². The Bertz CT molecular complexity index is 1140. The summed E-state index contributed by atoms with van der Waals surface area (Å²) in [6.45, 7) is 7.76. The number of amides is 1. The molecule has 1 heterocycles. The average Bonchev–Trinajstić information content (AvgIpc) is 2.96. The zero-order valence-corrected chi connectivity index (χ0v) is 18.2. The van der Waals surface area contributed by atoms with Gasteiger partial charge in [0, 0.05) is 26.7 Å². The van der Waals surface area contributed by atoms with Gasteiger partial charge in [0.2, 0.25) is 0 Å². The second-order valence-corrected chi connectivity index (χ2v) is 8.50. The molecule has 4 rings (SSSR count). The number of nitrogens with zero attached hydrogens (tertiary/aromatic N) is 1. The molecule has 0 saturated carbocycles. The molecule has 3 aromatic rings. The molecule has 30 heavy (non-hydrogen) atoms. The van der Waals surface area contributed by atoms with Gasteiger partial charge in [-0.05, 0) is 55.3 Å². The summed E-state index contributed by atoms with van der Waals surface area (Å²) in [4.78, 5) is 15.1. The van der Waals surface area contributed by atoms with Crippen LogP contribution in [0.25, 0.3) is 5.57 Å². The Balaban J connectivity index is 1.92. The molecule has 5 heteroatoms. The third kappa shape index (κ3) is 3.24. The van der Waals surface area contributed by atoms with Gasteiger partial charge >= 0.3 is 0 Å². The molecular weight excluding hydrogens is 417 g/mol. The van der Waals surface area contributed by atoms with Gasteiger partial charge in [-0.1, -0.05) is 71.8 Å². The maximum Gasteiger partial charge on any atom is 0.257 e. The molecule has 0 saturated heterocycles. The highest BCUT2D eigenvalue weighted by Crippen LogP contribution is 2.47. The van der Waals surface area contributed by atoms with Gasteiger partial charge in [-0.15, -0.1) is 0 Å². The van der Waals surface area contributed by atoms with Crippen LogP contribution in [0.5, 0.6) is 0 Å². The predicted molar refractivity (Wildman–Crippen MR) is 122 cm³/mol. The Morgan fingerprint density at radius 1 is 1.00 bits per heavy atom. The Morgan fingerprint density at radius 2 is 1.57 bits per heavy atom. The van der Waals surface area contributed by atoms with E-state index in [1.165, 1.54) is 4.90 Å². The smallest absolute Gasteiger partial charge is 0.257 e. The summed E-state index contributed by atoms with van der Waals surface area (Å²) in [5.41, 5.74) is 2.53. The first kappa shape index (κ1) is 20.7. The summed E-state index contributed by atoms with van der Waals surface area (Å²) in [6.07, 6.45) is 0. The molecular formula is C25H21Cl2NO2. The largest absolute Gasteiger partial charge is 0.363 e. The molecule has 2 atom stereocenters. The first-order valence-corrected chi connectivity index (χ1v) is 10.4. The van der Waals surface area contributed by atoms with E-state index in [0.717, 1.165) is 16.7 Å². The van der Waals surface area contributed by atoms with Gasteiger partial charge in [0.15, 0.2) is 5.72 Å². The second-order valence-electron chi connectivity index (χ2n) is 7.62. The zero-order chi connectivity index (χ0) is 21.6. The van der Waals surface area contributed by atoms with Crippen molar-refractivity contribution in [2.75, 3.05) is 0 Å². The standard InChI is InChI=1S/C25H21Cl2NO2/c1-15(2)18-6-13-23-22(14-18)24(29)28(16(3)17-4-9-20(26)10-5-17)25(23,30)19-7-11-21(27)12-8-19/h4-14,16,30H,1H2,2-3H3. The molecule has 0 radical (unpaired) electrons. The van der Waals surface area contributed by atoms with Crippen molar-refractivity contribution in [1.29, 1.82) is 0 Å². The quantitative estimate of drug-likeness (QED) is 0.510. The van der Waals surface area contributed by atoms with Crippen molar-refractivity contribution >= 4 is 34.7 Å². The summed E-state index contributed by atoms with van der Waals surface area (Å²) in [5.74, 6) is -0.243. The topological polar surface area (TPSA) is 40.5 Å². The fourth-order valence-corrected chi connectivity index (χ4v) is 4.27. The molecule has 0 fully saturated rings. The monoisotopic (exact) mass is 437 g/mol. The number of halogens is 2. The molecule has 2 unspecified atom stereocenters. The van der Waals surface area contributed by atoms with E-state index < -0.39 is 11.8 Å². The number of fused-ring (bicyclic) bond motifs is 1. The molecule has 0 aromatic heterocycles. The van der Waals surface area contributed by atoms with Crippen LogP contribution < -0.4 is 0 Å². The molecule has 0 spiro atoms. The Labute approximate surface area is 186 Å². The van der Waals surface area contributed by atoms with E-state index in [2.05, 4.69) is 6.58 Å². The number of carbonyl (C=O) groups excluding carboxylic acids is 1. The summed E-state index contributed by atoms with van der Waals surface area (Å²) < 4.78 is 0. The van der Waals surface area contributed by atoms with Crippen molar-refractivity contribution in [2.24, 2.45) is 0 Å². The van der Waals surface area contributed by atoms with Crippen LogP contribution >= 0.6 is 23.2 Å². The Kier molecular flexibility index (Phi) is 5.23. The highest BCUT2D eigenvalue weighted by molar-refractivity contribution is 6.30. The fourth-order valence-electron chi connectivity index (χ4n) is 4.02. The lowest BCUT2D eigenvalue weighted by molar-refractivity contribution is -0.0677. The second kappa shape index (κ2) is 7.59. The first-order chi connectivity index (χ1) is 14.2. The van der Waals surface area contributed by atoms with Crippen LogP contribution in [0.4, 0.5) is 0 Å². The predicted octanol–water partition coefficient (Wildman–Crippen LogP) is 6.44. The van der Waals surface area contributed by atoms with E-state index in [-0.39, 0.29) is 5.91 Å². The molecule has 1 aliphatic heterocycles. The molecule has 1 N–H and O–H groups in total. The van der Waals surface area contributed by atoms with Crippen LogP contribution in [0.3, 0.4) is 0 Å². The van der Waals surface area contributed by atoms with Crippen molar-refractivity contribution < 1.29 is 9.90 Å². The summed E-state index contributed by atoms with van der Waals surface area (Å²) >= 11 is 12.1. The van der Waals surface area contributed by atoms with E-state index in [4.69, 9.17) is 23.2 Å². The Morgan fingerprint density at radius 3 is 2.13 bits per heavy atom. The van der Waals surface area contributed by atoms with Gasteiger partial charge < -0.3 is 5.11 Å². The molecule has 3 nitrogen and oxygen atoms in total. The SMILES string of the molecule is C=C(C)c1ccc2c(c1)C(=O)N(C(C)c1ccc(Cl)cc1)C2(O)c1ccc(Cl)cc1. The van der Waals surface area contributed by atoms with E-state index in [1.54, 1.807) is 48.5 Å². The lowest BCUT2D eigenvalue weighted by atomic mass is 9.91. The van der Waals surface area contributed by atoms with Crippen molar-refractivity contribution in [3.8, 4) is 0 Å². The van der Waals surface area contributed by atoms with Crippen LogP contribution in [0.15, 0.2) is 73.3 Å². The minimum Gasteiger partial charge on any atom is -0.363 e. The van der Waals surface area contributed by atoms with Gasteiger partial charge in [-0.3, -0.25) is 9.69 Å². The van der Waals surface area contributed by atoms with Gasteiger partial charge in [0.05, 0.1) is 6.04 Å². The van der Waals surface area contributed by atoms with Crippen LogP contribution in [-0.2, 0) is 5.72 Å². The maximum atomic E-state index is 13.6. The molecule has 1 amide bonds. The maximum absolute atomic E-state index is 13.6. The summed E-state index contributed by atoms with van der Waals surface area (Å²) in [5, 5.41) is 13.2. The molecule has 0 aliphatic carbocycles.